The van der Waals surface area contributed by atoms with Gasteiger partial charge in [-0.3, -0.25) is 9.59 Å². The van der Waals surface area contributed by atoms with Crippen LogP contribution in [0.2, 0.25) is 0 Å². The number of hydrogen-bond donors (Lipinski definition) is 2. The lowest BCUT2D eigenvalue weighted by Crippen LogP contribution is -2.20. The zero-order valence-electron chi connectivity index (χ0n) is 17.5. The Hall–Kier alpha value is -4.00. The molecule has 0 radical (unpaired) electrons. The number of rotatable bonds is 8. The van der Waals surface area contributed by atoms with Gasteiger partial charge in [-0.2, -0.15) is 10.2 Å². The quantitative estimate of drug-likeness (QED) is 0.422. The summed E-state index contributed by atoms with van der Waals surface area (Å²) in [5.74, 6) is -1.11. The van der Waals surface area contributed by atoms with E-state index in [4.69, 9.17) is 4.42 Å². The van der Waals surface area contributed by atoms with Gasteiger partial charge >= 0.3 is 11.8 Å². The van der Waals surface area contributed by atoms with Gasteiger partial charge < -0.3 is 4.42 Å². The summed E-state index contributed by atoms with van der Waals surface area (Å²) >= 11 is 0. The van der Waals surface area contributed by atoms with E-state index in [1.807, 2.05) is 74.5 Å². The van der Waals surface area contributed by atoms with Crippen LogP contribution in [-0.4, -0.2) is 23.2 Å². The van der Waals surface area contributed by atoms with E-state index in [-0.39, 0.29) is 11.5 Å². The number of nitrogens with one attached hydrogen (secondary N) is 2. The average molecular weight is 416 g/mol. The Balaban J connectivity index is 1.65. The largest absolute Gasteiger partial charge is 0.446 e. The van der Waals surface area contributed by atoms with Crippen LogP contribution in [-0.2, 0) is 0 Å². The third-order valence-electron chi connectivity index (χ3n) is 4.52. The summed E-state index contributed by atoms with van der Waals surface area (Å²) in [5, 5.41) is 8.36. The minimum atomic E-state index is -0.539. The van der Waals surface area contributed by atoms with Gasteiger partial charge in [0.25, 0.3) is 0 Å². The van der Waals surface area contributed by atoms with Gasteiger partial charge in [0.05, 0.1) is 11.4 Å². The minimum absolute atomic E-state index is 0.0137. The van der Waals surface area contributed by atoms with Crippen molar-refractivity contribution >= 4 is 23.2 Å². The fourth-order valence-corrected chi connectivity index (χ4v) is 2.89. The zero-order chi connectivity index (χ0) is 22.1. The summed E-state index contributed by atoms with van der Waals surface area (Å²) in [6.45, 7) is 3.90. The van der Waals surface area contributed by atoms with Crippen molar-refractivity contribution in [2.75, 3.05) is 0 Å². The second kappa shape index (κ2) is 10.7. The molecule has 2 N–H and O–H groups in total. The first-order valence-corrected chi connectivity index (χ1v) is 10.1. The van der Waals surface area contributed by atoms with E-state index >= 15 is 0 Å². The number of furan rings is 1. The lowest BCUT2D eigenvalue weighted by Gasteiger charge is -2.04. The SMILES string of the molecule is CCC(=NNC(=O)c1ccc(C(=O)NN=C(CC)c2ccccc2)o1)c1ccccc1. The van der Waals surface area contributed by atoms with Crippen LogP contribution < -0.4 is 10.9 Å². The zero-order valence-corrected chi connectivity index (χ0v) is 17.5. The van der Waals surface area contributed by atoms with E-state index in [0.717, 1.165) is 22.6 Å². The molecule has 0 bridgehead atoms. The Morgan fingerprint density at radius 2 is 1.06 bits per heavy atom. The third-order valence-corrected chi connectivity index (χ3v) is 4.52. The molecular formula is C24H24N4O3. The first-order chi connectivity index (χ1) is 15.1. The third kappa shape index (κ3) is 5.76. The van der Waals surface area contributed by atoms with Crippen LogP contribution in [0.25, 0.3) is 0 Å². The lowest BCUT2D eigenvalue weighted by molar-refractivity contribution is 0.0902. The molecule has 3 aromatic rings. The molecule has 7 heteroatoms. The van der Waals surface area contributed by atoms with Crippen molar-refractivity contribution in [3.63, 3.8) is 0 Å². The highest BCUT2D eigenvalue weighted by molar-refractivity contribution is 6.03. The van der Waals surface area contributed by atoms with Crippen molar-refractivity contribution < 1.29 is 14.0 Å². The molecule has 0 saturated heterocycles. The molecular weight excluding hydrogens is 392 g/mol. The van der Waals surface area contributed by atoms with Crippen molar-refractivity contribution in [2.24, 2.45) is 10.2 Å². The molecule has 0 aliphatic carbocycles. The van der Waals surface area contributed by atoms with Crippen LogP contribution in [0, 0.1) is 0 Å². The van der Waals surface area contributed by atoms with E-state index in [2.05, 4.69) is 21.1 Å². The van der Waals surface area contributed by atoms with Crippen molar-refractivity contribution in [3.8, 4) is 0 Å². The minimum Gasteiger partial charge on any atom is -0.446 e. The van der Waals surface area contributed by atoms with Gasteiger partial charge in [-0.25, -0.2) is 10.9 Å². The molecule has 0 atom stereocenters. The van der Waals surface area contributed by atoms with Gasteiger partial charge in [0, 0.05) is 0 Å². The number of carbonyl (C=O) groups is 2. The molecule has 7 nitrogen and oxygen atoms in total. The highest BCUT2D eigenvalue weighted by Crippen LogP contribution is 2.10. The summed E-state index contributed by atoms with van der Waals surface area (Å²) in [6.07, 6.45) is 1.30. The summed E-state index contributed by atoms with van der Waals surface area (Å²) in [6, 6.07) is 22.0. The topological polar surface area (TPSA) is 96.1 Å². The number of carbonyl (C=O) groups excluding carboxylic acids is 2. The lowest BCUT2D eigenvalue weighted by atomic mass is 10.1. The van der Waals surface area contributed by atoms with Crippen molar-refractivity contribution in [3.05, 3.63) is 95.4 Å². The Morgan fingerprint density at radius 1 is 0.677 bits per heavy atom. The van der Waals surface area contributed by atoms with Gasteiger partial charge in [-0.15, -0.1) is 0 Å². The fraction of sp³-hybridized carbons (Fsp3) is 0.167. The molecule has 0 unspecified atom stereocenters. The smallest absolute Gasteiger partial charge is 0.307 e. The molecule has 0 saturated carbocycles. The maximum Gasteiger partial charge on any atom is 0.307 e. The van der Waals surface area contributed by atoms with E-state index in [9.17, 15) is 9.59 Å². The van der Waals surface area contributed by atoms with Gasteiger partial charge in [0.15, 0.2) is 11.5 Å². The molecule has 0 aliphatic rings. The highest BCUT2D eigenvalue weighted by atomic mass is 16.4. The average Bonchev–Trinajstić information content (AvgIpc) is 3.32. The number of hydrazone groups is 2. The Kier molecular flexibility index (Phi) is 7.48. The number of hydrogen-bond acceptors (Lipinski definition) is 5. The van der Waals surface area contributed by atoms with Crippen LogP contribution in [0.3, 0.4) is 0 Å². The molecule has 0 spiro atoms. The number of nitrogens with zero attached hydrogens (tertiary/aromatic N) is 2. The van der Waals surface area contributed by atoms with Crippen molar-refractivity contribution in [1.82, 2.24) is 10.9 Å². The second-order valence-corrected chi connectivity index (χ2v) is 6.60. The fourth-order valence-electron chi connectivity index (χ4n) is 2.89. The van der Waals surface area contributed by atoms with Crippen molar-refractivity contribution in [2.45, 2.75) is 26.7 Å². The summed E-state index contributed by atoms with van der Waals surface area (Å²) in [7, 11) is 0. The van der Waals surface area contributed by atoms with Gasteiger partial charge in [0.1, 0.15) is 0 Å². The number of amides is 2. The predicted molar refractivity (Wildman–Crippen MR) is 120 cm³/mol. The van der Waals surface area contributed by atoms with E-state index < -0.39 is 11.8 Å². The van der Waals surface area contributed by atoms with Gasteiger partial charge in [-0.1, -0.05) is 74.5 Å². The molecule has 0 fully saturated rings. The molecule has 1 aromatic heterocycles. The molecule has 2 aromatic carbocycles. The Labute approximate surface area is 180 Å². The molecule has 2 amide bonds. The molecule has 158 valence electrons. The van der Waals surface area contributed by atoms with Gasteiger partial charge in [-0.05, 0) is 36.1 Å². The standard InChI is InChI=1S/C24H24N4O3/c1-3-19(17-11-7-5-8-12-17)25-27-23(29)21-15-16-22(31-21)24(30)28-26-20(4-2)18-13-9-6-10-14-18/h5-16H,3-4H2,1-2H3,(H,27,29)(H,28,30). The first kappa shape index (κ1) is 21.7. The molecule has 1 heterocycles. The van der Waals surface area contributed by atoms with E-state index in [1.54, 1.807) is 0 Å². The maximum atomic E-state index is 12.4. The number of benzene rings is 2. The Bertz CT molecular complexity index is 1000. The summed E-state index contributed by atoms with van der Waals surface area (Å²) in [4.78, 5) is 24.7. The van der Waals surface area contributed by atoms with Gasteiger partial charge in [0.2, 0.25) is 0 Å². The second-order valence-electron chi connectivity index (χ2n) is 6.60. The van der Waals surface area contributed by atoms with E-state index in [1.165, 1.54) is 12.1 Å². The molecule has 3 rings (SSSR count). The summed E-state index contributed by atoms with van der Waals surface area (Å²) in [5.41, 5.74) is 8.28. The van der Waals surface area contributed by atoms with E-state index in [0.29, 0.717) is 12.8 Å². The van der Waals surface area contributed by atoms with Crippen LogP contribution in [0.15, 0.2) is 87.4 Å². The van der Waals surface area contributed by atoms with Crippen LogP contribution in [0.5, 0.6) is 0 Å². The molecule has 31 heavy (non-hydrogen) atoms. The maximum absolute atomic E-state index is 12.4. The highest BCUT2D eigenvalue weighted by Gasteiger charge is 2.16. The monoisotopic (exact) mass is 416 g/mol. The predicted octanol–water partition coefficient (Wildman–Crippen LogP) is 4.37. The summed E-state index contributed by atoms with van der Waals surface area (Å²) < 4.78 is 5.39. The Morgan fingerprint density at radius 3 is 1.42 bits per heavy atom. The first-order valence-electron chi connectivity index (χ1n) is 10.1. The molecule has 0 aliphatic heterocycles. The van der Waals surface area contributed by atoms with Crippen LogP contribution in [0.1, 0.15) is 58.9 Å². The van der Waals surface area contributed by atoms with Crippen LogP contribution in [0.4, 0.5) is 0 Å². The normalized spacial score (nSPS) is 11.8. The van der Waals surface area contributed by atoms with Crippen molar-refractivity contribution in [1.29, 1.82) is 0 Å². The van der Waals surface area contributed by atoms with Crippen LogP contribution >= 0.6 is 0 Å².